The number of carbonyl (C=O) groups excluding carboxylic acids is 2. The zero-order valence-corrected chi connectivity index (χ0v) is 19.3. The van der Waals surface area contributed by atoms with Gasteiger partial charge in [0.2, 0.25) is 5.78 Å². The fourth-order valence-electron chi connectivity index (χ4n) is 4.21. The molecular formula is C25H28N4O4. The van der Waals surface area contributed by atoms with E-state index < -0.39 is 23.5 Å². The SMILES string of the molecule is Cc1ccc(C2C(=C([O-])c3cnn(-c4ccccc4)c3C)C(=O)C(=O)N2CCC[NH+](C)C)o1. The minimum Gasteiger partial charge on any atom is -0.872 e. The van der Waals surface area contributed by atoms with Gasteiger partial charge in [-0.05, 0) is 38.1 Å². The second-order valence-electron chi connectivity index (χ2n) is 8.62. The summed E-state index contributed by atoms with van der Waals surface area (Å²) >= 11 is 0. The Morgan fingerprint density at radius 1 is 1.12 bits per heavy atom. The molecule has 2 aromatic heterocycles. The van der Waals surface area contributed by atoms with E-state index in [0.29, 0.717) is 35.7 Å². The molecule has 1 fully saturated rings. The number of hydrogen-bond donors (Lipinski definition) is 1. The van der Waals surface area contributed by atoms with Crippen LogP contribution in [0.2, 0.25) is 0 Å². The molecule has 1 aliphatic rings. The second kappa shape index (κ2) is 9.07. The second-order valence-corrected chi connectivity index (χ2v) is 8.62. The first-order valence-electron chi connectivity index (χ1n) is 11.0. The molecule has 1 amide bonds. The highest BCUT2D eigenvalue weighted by Crippen LogP contribution is 2.39. The van der Waals surface area contributed by atoms with Gasteiger partial charge in [-0.25, -0.2) is 4.68 Å². The van der Waals surface area contributed by atoms with Crippen LogP contribution in [0.3, 0.4) is 0 Å². The van der Waals surface area contributed by atoms with Crippen molar-refractivity contribution in [1.29, 1.82) is 0 Å². The average Bonchev–Trinajstić information content (AvgIpc) is 3.46. The number of Topliss-reactive ketones (excluding diaryl/α,β-unsaturated/α-hetero) is 1. The standard InChI is InChI=1S/C25H28N4O4/c1-16-11-12-20(33-16)22-21(24(31)25(32)28(22)14-8-13-27(3)4)23(30)19-15-26-29(17(19)2)18-9-6-5-7-10-18/h5-7,9-12,15,22,30H,8,13-14H2,1-4H3. The van der Waals surface area contributed by atoms with Crippen LogP contribution in [0.4, 0.5) is 0 Å². The molecule has 1 unspecified atom stereocenters. The lowest BCUT2D eigenvalue weighted by atomic mass is 9.99. The van der Waals surface area contributed by atoms with E-state index in [4.69, 9.17) is 4.42 Å². The monoisotopic (exact) mass is 448 g/mol. The predicted octanol–water partition coefficient (Wildman–Crippen LogP) is 0.841. The van der Waals surface area contributed by atoms with Gasteiger partial charge in [0.25, 0.3) is 5.91 Å². The van der Waals surface area contributed by atoms with Crippen molar-refractivity contribution in [3.05, 3.63) is 77.0 Å². The summed E-state index contributed by atoms with van der Waals surface area (Å²) in [7, 11) is 4.05. The Kier molecular flexibility index (Phi) is 6.20. The maximum atomic E-state index is 13.7. The number of aromatic nitrogens is 2. The molecule has 0 radical (unpaired) electrons. The number of aryl methyl sites for hydroxylation is 1. The first kappa shape index (κ1) is 22.5. The summed E-state index contributed by atoms with van der Waals surface area (Å²) in [6.07, 6.45) is 2.15. The number of carbonyl (C=O) groups is 2. The third-order valence-electron chi connectivity index (χ3n) is 5.89. The minimum absolute atomic E-state index is 0.0812. The van der Waals surface area contributed by atoms with Crippen molar-refractivity contribution >= 4 is 17.4 Å². The van der Waals surface area contributed by atoms with Gasteiger partial charge in [-0.1, -0.05) is 24.0 Å². The summed E-state index contributed by atoms with van der Waals surface area (Å²) in [4.78, 5) is 28.8. The third-order valence-corrected chi connectivity index (χ3v) is 5.89. The Labute approximate surface area is 192 Å². The van der Waals surface area contributed by atoms with Crippen LogP contribution in [0.15, 0.2) is 58.7 Å². The smallest absolute Gasteiger partial charge is 0.295 e. The quantitative estimate of drug-likeness (QED) is 0.328. The summed E-state index contributed by atoms with van der Waals surface area (Å²) in [5, 5.41) is 18.0. The zero-order valence-electron chi connectivity index (χ0n) is 19.3. The Morgan fingerprint density at radius 3 is 2.48 bits per heavy atom. The van der Waals surface area contributed by atoms with Crippen molar-refractivity contribution in [3.8, 4) is 5.69 Å². The zero-order chi connectivity index (χ0) is 23.7. The van der Waals surface area contributed by atoms with Crippen molar-refractivity contribution in [2.75, 3.05) is 27.2 Å². The van der Waals surface area contributed by atoms with Crippen molar-refractivity contribution < 1.29 is 24.0 Å². The number of amides is 1. The largest absolute Gasteiger partial charge is 0.872 e. The number of quaternary nitrogens is 1. The summed E-state index contributed by atoms with van der Waals surface area (Å²) in [5.41, 5.74) is 1.62. The number of furan rings is 1. The molecule has 8 heteroatoms. The molecule has 1 N–H and O–H groups in total. The number of nitrogens with one attached hydrogen (secondary N) is 1. The number of benzene rings is 1. The molecule has 0 bridgehead atoms. The van der Waals surface area contributed by atoms with Crippen molar-refractivity contribution in [2.45, 2.75) is 26.3 Å². The highest BCUT2D eigenvalue weighted by Gasteiger charge is 2.45. The summed E-state index contributed by atoms with van der Waals surface area (Å²) in [5.74, 6) is -0.870. The summed E-state index contributed by atoms with van der Waals surface area (Å²) in [6, 6.07) is 12.1. The molecule has 3 aromatic rings. The van der Waals surface area contributed by atoms with Gasteiger partial charge in [-0.2, -0.15) is 5.10 Å². The number of para-hydroxylation sites is 1. The van der Waals surface area contributed by atoms with Crippen LogP contribution in [0.1, 0.15) is 35.2 Å². The van der Waals surface area contributed by atoms with Gasteiger partial charge in [0, 0.05) is 29.8 Å². The number of hydrogen-bond acceptors (Lipinski definition) is 5. The predicted molar refractivity (Wildman–Crippen MR) is 120 cm³/mol. The highest BCUT2D eigenvalue weighted by atomic mass is 16.3. The first-order chi connectivity index (χ1) is 15.8. The number of ketones is 1. The van der Waals surface area contributed by atoms with Crippen LogP contribution in [0.25, 0.3) is 11.4 Å². The molecule has 8 nitrogen and oxygen atoms in total. The fraction of sp³-hybridized carbons (Fsp3) is 0.320. The van der Waals surface area contributed by atoms with Gasteiger partial charge in [0.05, 0.1) is 32.5 Å². The van der Waals surface area contributed by atoms with Crippen LogP contribution in [0, 0.1) is 13.8 Å². The lowest BCUT2D eigenvalue weighted by molar-refractivity contribution is -0.858. The maximum absolute atomic E-state index is 13.7. The molecule has 0 aliphatic carbocycles. The topological polar surface area (TPSA) is 95.8 Å². The highest BCUT2D eigenvalue weighted by molar-refractivity contribution is 6.46. The molecule has 3 heterocycles. The Morgan fingerprint density at radius 2 is 1.85 bits per heavy atom. The van der Waals surface area contributed by atoms with Gasteiger partial charge < -0.3 is 19.3 Å². The molecular weight excluding hydrogens is 420 g/mol. The Bertz CT molecular complexity index is 1210. The van der Waals surface area contributed by atoms with Crippen molar-refractivity contribution in [3.63, 3.8) is 0 Å². The van der Waals surface area contributed by atoms with E-state index in [1.807, 2.05) is 44.4 Å². The number of rotatable bonds is 7. The van der Waals surface area contributed by atoms with Crippen molar-refractivity contribution in [2.24, 2.45) is 0 Å². The van der Waals surface area contributed by atoms with Gasteiger partial charge in [0.1, 0.15) is 17.6 Å². The van der Waals surface area contributed by atoms with Gasteiger partial charge in [0.15, 0.2) is 0 Å². The summed E-state index contributed by atoms with van der Waals surface area (Å²) in [6.45, 7) is 4.75. The lowest BCUT2D eigenvalue weighted by Gasteiger charge is -2.25. The van der Waals surface area contributed by atoms with Gasteiger partial charge in [-0.15, -0.1) is 0 Å². The molecule has 33 heavy (non-hydrogen) atoms. The van der Waals surface area contributed by atoms with Crippen molar-refractivity contribution in [1.82, 2.24) is 14.7 Å². The van der Waals surface area contributed by atoms with E-state index in [1.165, 1.54) is 16.0 Å². The van der Waals surface area contributed by atoms with Crippen LogP contribution >= 0.6 is 0 Å². The number of likely N-dealkylation sites (tertiary alicyclic amines) is 1. The van der Waals surface area contributed by atoms with Gasteiger partial charge in [-0.3, -0.25) is 9.59 Å². The van der Waals surface area contributed by atoms with E-state index in [9.17, 15) is 14.7 Å². The molecule has 1 aromatic carbocycles. The van der Waals surface area contributed by atoms with E-state index >= 15 is 0 Å². The molecule has 0 spiro atoms. The van der Waals surface area contributed by atoms with E-state index in [2.05, 4.69) is 5.10 Å². The van der Waals surface area contributed by atoms with E-state index in [0.717, 1.165) is 12.2 Å². The molecule has 4 rings (SSSR count). The minimum atomic E-state index is -0.845. The van der Waals surface area contributed by atoms with Crippen LogP contribution in [-0.4, -0.2) is 53.6 Å². The molecule has 1 saturated heterocycles. The van der Waals surface area contributed by atoms with Crippen LogP contribution in [-0.2, 0) is 9.59 Å². The van der Waals surface area contributed by atoms with E-state index in [-0.39, 0.29) is 5.57 Å². The molecule has 172 valence electrons. The fourth-order valence-corrected chi connectivity index (χ4v) is 4.21. The molecule has 1 atom stereocenters. The molecule has 0 saturated carbocycles. The van der Waals surface area contributed by atoms with Crippen LogP contribution < -0.4 is 10.0 Å². The normalized spacial score (nSPS) is 18.0. The first-order valence-corrected chi connectivity index (χ1v) is 11.0. The average molecular weight is 449 g/mol. The number of nitrogens with zero attached hydrogens (tertiary/aromatic N) is 3. The summed E-state index contributed by atoms with van der Waals surface area (Å²) < 4.78 is 7.45. The van der Waals surface area contributed by atoms with Gasteiger partial charge >= 0.3 is 0 Å². The third kappa shape index (κ3) is 4.21. The lowest BCUT2D eigenvalue weighted by Crippen LogP contribution is -3.05. The Balaban J connectivity index is 1.79. The van der Waals surface area contributed by atoms with E-state index in [1.54, 1.807) is 30.7 Å². The van der Waals surface area contributed by atoms with Crippen LogP contribution in [0.5, 0.6) is 0 Å². The maximum Gasteiger partial charge on any atom is 0.295 e. The Hall–Kier alpha value is -3.65. The molecule has 1 aliphatic heterocycles.